The minimum atomic E-state index is 0.681. The van der Waals surface area contributed by atoms with Gasteiger partial charge in [-0.15, -0.1) is 5.10 Å². The fourth-order valence-corrected chi connectivity index (χ4v) is 6.35. The van der Waals surface area contributed by atoms with E-state index in [4.69, 9.17) is 14.8 Å². The molecule has 0 unspecified atom stereocenters. The van der Waals surface area contributed by atoms with Crippen LogP contribution in [0, 0.1) is 6.92 Å². The van der Waals surface area contributed by atoms with Gasteiger partial charge in [0.05, 0.1) is 22.3 Å². The summed E-state index contributed by atoms with van der Waals surface area (Å²) in [5.41, 5.74) is 6.07. The number of aryl methyl sites for hydroxylation is 1. The lowest BCUT2D eigenvalue weighted by atomic mass is 10.1. The monoisotopic (exact) mass is 624 g/mol. The van der Waals surface area contributed by atoms with Crippen molar-refractivity contribution >= 4 is 21.8 Å². The zero-order valence-electron chi connectivity index (χ0n) is 25.9. The normalized spacial score (nSPS) is 11.4. The van der Waals surface area contributed by atoms with E-state index >= 15 is 0 Å². The van der Waals surface area contributed by atoms with Gasteiger partial charge in [-0.2, -0.15) is 0 Å². The first-order chi connectivity index (χ1) is 23.7. The molecular formula is C39H28N8O. The number of fused-ring (bicyclic) bond motifs is 3. The molecule has 230 valence electrons. The topological polar surface area (TPSA) is 80.5 Å². The minimum Gasteiger partial charge on any atom is -0.457 e. The summed E-state index contributed by atoms with van der Waals surface area (Å²) in [4.78, 5) is 13.4. The van der Waals surface area contributed by atoms with E-state index in [2.05, 4.69) is 76.1 Å². The summed E-state index contributed by atoms with van der Waals surface area (Å²) in [5, 5.41) is 7.45. The fourth-order valence-electron chi connectivity index (χ4n) is 6.35. The molecule has 0 amide bonds. The molecule has 0 N–H and O–H groups in total. The second-order valence-corrected chi connectivity index (χ2v) is 11.6. The molecule has 0 fully saturated rings. The maximum Gasteiger partial charge on any atom is 0.170 e. The van der Waals surface area contributed by atoms with Crippen molar-refractivity contribution in [3.63, 3.8) is 0 Å². The highest BCUT2D eigenvalue weighted by molar-refractivity contribution is 6.09. The van der Waals surface area contributed by atoms with Crippen LogP contribution in [0.4, 0.5) is 0 Å². The van der Waals surface area contributed by atoms with Gasteiger partial charge in [-0.25, -0.2) is 19.6 Å². The van der Waals surface area contributed by atoms with E-state index in [-0.39, 0.29) is 0 Å². The number of rotatable bonds is 7. The van der Waals surface area contributed by atoms with Crippen LogP contribution < -0.4 is 4.74 Å². The molecule has 0 radical (unpaired) electrons. The predicted octanol–water partition coefficient (Wildman–Crippen LogP) is 8.50. The first-order valence-electron chi connectivity index (χ1n) is 15.6. The van der Waals surface area contributed by atoms with Gasteiger partial charge < -0.3 is 4.74 Å². The largest absolute Gasteiger partial charge is 0.457 e. The Labute approximate surface area is 275 Å². The van der Waals surface area contributed by atoms with Gasteiger partial charge in [0.15, 0.2) is 11.6 Å². The van der Waals surface area contributed by atoms with E-state index in [1.807, 2.05) is 87.0 Å². The average Bonchev–Trinajstić information content (AvgIpc) is 3.94. The van der Waals surface area contributed by atoms with Crippen molar-refractivity contribution in [2.75, 3.05) is 0 Å². The molecule has 4 aromatic carbocycles. The zero-order chi connectivity index (χ0) is 32.0. The number of para-hydroxylation sites is 1. The van der Waals surface area contributed by atoms with E-state index in [0.29, 0.717) is 5.75 Å². The third-order valence-electron chi connectivity index (χ3n) is 8.48. The van der Waals surface area contributed by atoms with E-state index in [1.54, 1.807) is 25.0 Å². The molecule has 0 aliphatic carbocycles. The number of pyridine rings is 1. The molecule has 9 rings (SSSR count). The third-order valence-corrected chi connectivity index (χ3v) is 8.48. The molecule has 0 aliphatic rings. The molecular weight excluding hydrogens is 596 g/mol. The van der Waals surface area contributed by atoms with Crippen molar-refractivity contribution in [3.05, 3.63) is 158 Å². The molecule has 0 bridgehead atoms. The summed E-state index contributed by atoms with van der Waals surface area (Å²) < 4.78 is 14.6. The van der Waals surface area contributed by atoms with Gasteiger partial charge in [0, 0.05) is 53.9 Å². The highest BCUT2D eigenvalue weighted by Crippen LogP contribution is 2.37. The van der Waals surface area contributed by atoms with Crippen molar-refractivity contribution < 1.29 is 4.74 Å². The molecule has 0 saturated heterocycles. The maximum atomic E-state index is 6.57. The van der Waals surface area contributed by atoms with Crippen LogP contribution in [0.25, 0.3) is 56.1 Å². The van der Waals surface area contributed by atoms with Crippen molar-refractivity contribution in [2.24, 2.45) is 0 Å². The fraction of sp³-hybridized carbons (Fsp3) is 0.0256. The smallest absolute Gasteiger partial charge is 0.170 e. The standard InChI is InChI=1S/C39H28N8O/c1-27-16-17-42-36(22-27)46-34-13-6-5-12-32(34)33-15-14-31(24-35(33)46)48-30-11-7-10-29(23-30)47-39(45-21-19-41-26-45)37(28-8-3-2-4-9-28)38(43-47)44-20-18-40-25-44/h2-26H,1H3. The van der Waals surface area contributed by atoms with Gasteiger partial charge in [0.25, 0.3) is 0 Å². The highest BCUT2D eigenvalue weighted by Gasteiger charge is 2.23. The summed E-state index contributed by atoms with van der Waals surface area (Å²) in [7, 11) is 0. The SMILES string of the molecule is Cc1ccnc(-n2c3ccccc3c3ccc(Oc4cccc(-n5nc(-n6ccnc6)c(-c6ccccc6)c5-n5ccnc5)c4)cc32)c1. The minimum absolute atomic E-state index is 0.681. The Morgan fingerprint density at radius 1 is 0.625 bits per heavy atom. The molecule has 5 heterocycles. The van der Waals surface area contributed by atoms with Gasteiger partial charge in [-0.1, -0.05) is 54.6 Å². The molecule has 9 aromatic rings. The van der Waals surface area contributed by atoms with Crippen LogP contribution in [-0.2, 0) is 0 Å². The lowest BCUT2D eigenvalue weighted by Gasteiger charge is -2.13. The maximum absolute atomic E-state index is 6.57. The molecule has 5 aromatic heterocycles. The Morgan fingerprint density at radius 3 is 2.21 bits per heavy atom. The Hall–Kier alpha value is -6.74. The van der Waals surface area contributed by atoms with Crippen molar-refractivity contribution in [2.45, 2.75) is 6.92 Å². The highest BCUT2D eigenvalue weighted by atomic mass is 16.5. The molecule has 48 heavy (non-hydrogen) atoms. The van der Waals surface area contributed by atoms with Gasteiger partial charge in [0.1, 0.15) is 30.0 Å². The molecule has 9 heteroatoms. The number of hydrogen-bond acceptors (Lipinski definition) is 5. The second kappa shape index (κ2) is 11.3. The first kappa shape index (κ1) is 27.6. The third kappa shape index (κ3) is 4.64. The van der Waals surface area contributed by atoms with E-state index < -0.39 is 0 Å². The van der Waals surface area contributed by atoms with Crippen LogP contribution in [0.3, 0.4) is 0 Å². The van der Waals surface area contributed by atoms with Gasteiger partial charge >= 0.3 is 0 Å². The van der Waals surface area contributed by atoms with Crippen LogP contribution in [0.1, 0.15) is 5.56 Å². The van der Waals surface area contributed by atoms with Crippen molar-refractivity contribution in [1.29, 1.82) is 0 Å². The van der Waals surface area contributed by atoms with Crippen LogP contribution >= 0.6 is 0 Å². The van der Waals surface area contributed by atoms with Gasteiger partial charge in [-0.05, 0) is 60.5 Å². The van der Waals surface area contributed by atoms with Crippen LogP contribution in [0.5, 0.6) is 11.5 Å². The Balaban J connectivity index is 1.17. The number of ether oxygens (including phenoxy) is 1. The Morgan fingerprint density at radius 2 is 1.40 bits per heavy atom. The zero-order valence-corrected chi connectivity index (χ0v) is 25.9. The summed E-state index contributed by atoms with van der Waals surface area (Å²) in [6, 6.07) is 37.0. The summed E-state index contributed by atoms with van der Waals surface area (Å²) in [6.07, 6.45) is 12.8. The lowest BCUT2D eigenvalue weighted by Crippen LogP contribution is -2.05. The molecule has 0 saturated carbocycles. The first-order valence-corrected chi connectivity index (χ1v) is 15.6. The number of imidazole rings is 2. The quantitative estimate of drug-likeness (QED) is 0.178. The van der Waals surface area contributed by atoms with Gasteiger partial charge in [0.2, 0.25) is 0 Å². The van der Waals surface area contributed by atoms with Crippen molar-refractivity contribution in [3.8, 4) is 45.8 Å². The number of nitrogens with zero attached hydrogens (tertiary/aromatic N) is 8. The van der Waals surface area contributed by atoms with E-state index in [1.165, 1.54) is 0 Å². The number of hydrogen-bond donors (Lipinski definition) is 0. The average molecular weight is 625 g/mol. The number of benzene rings is 4. The number of aromatic nitrogens is 8. The van der Waals surface area contributed by atoms with Crippen molar-refractivity contribution in [1.82, 2.24) is 38.4 Å². The summed E-state index contributed by atoms with van der Waals surface area (Å²) >= 11 is 0. The summed E-state index contributed by atoms with van der Waals surface area (Å²) in [6.45, 7) is 2.08. The second-order valence-electron chi connectivity index (χ2n) is 11.6. The van der Waals surface area contributed by atoms with E-state index in [9.17, 15) is 0 Å². The molecule has 0 aliphatic heterocycles. The Bertz CT molecular complexity index is 2550. The predicted molar refractivity (Wildman–Crippen MR) is 187 cm³/mol. The Kier molecular flexibility index (Phi) is 6.46. The summed E-state index contributed by atoms with van der Waals surface area (Å²) in [5.74, 6) is 3.86. The lowest BCUT2D eigenvalue weighted by molar-refractivity contribution is 0.483. The van der Waals surface area contributed by atoms with Gasteiger partial charge in [-0.3, -0.25) is 13.7 Å². The molecule has 9 nitrogen and oxygen atoms in total. The molecule has 0 spiro atoms. The molecule has 0 atom stereocenters. The van der Waals surface area contributed by atoms with Crippen LogP contribution in [0.15, 0.2) is 153 Å². The van der Waals surface area contributed by atoms with Crippen LogP contribution in [-0.4, -0.2) is 38.4 Å². The van der Waals surface area contributed by atoms with Crippen LogP contribution in [0.2, 0.25) is 0 Å². The van der Waals surface area contributed by atoms with E-state index in [0.717, 1.165) is 67.4 Å².